The minimum atomic E-state index is -4.39. The zero-order valence-electron chi connectivity index (χ0n) is 16.6. The van der Waals surface area contributed by atoms with Crippen molar-refractivity contribution in [2.45, 2.75) is 17.6 Å². The topological polar surface area (TPSA) is 59.1 Å². The lowest BCUT2D eigenvalue weighted by molar-refractivity contribution is -0.137. The molecule has 1 fully saturated rings. The van der Waals surface area contributed by atoms with Gasteiger partial charge < -0.3 is 9.47 Å². The number of hydrogen-bond acceptors (Lipinski definition) is 5. The first-order chi connectivity index (χ1) is 14.1. The molecule has 6 nitrogen and oxygen atoms in total. The van der Waals surface area contributed by atoms with E-state index in [1.807, 2.05) is 4.90 Å². The number of sulfonamides is 1. The standard InChI is InChI=1S/C20H23F3N2O4S/c1-28-18-7-6-17(13-19(18)29-2)30(26,27)25-10-8-24(9-11-25)14-15-4-3-5-16(12-15)20(21,22)23/h3-7,12-13H,8-11,14H2,1-2H3. The number of halogens is 3. The molecule has 2 aromatic rings. The molecule has 0 bridgehead atoms. The Kier molecular flexibility index (Phi) is 6.59. The average molecular weight is 444 g/mol. The van der Waals surface area contributed by atoms with Gasteiger partial charge in [0, 0.05) is 38.8 Å². The minimum absolute atomic E-state index is 0.103. The summed E-state index contributed by atoms with van der Waals surface area (Å²) in [6.45, 7) is 1.66. The molecular formula is C20H23F3N2O4S. The number of rotatable bonds is 6. The first kappa shape index (κ1) is 22.4. The first-order valence-corrected chi connectivity index (χ1v) is 10.7. The maximum Gasteiger partial charge on any atom is 0.416 e. The zero-order chi connectivity index (χ0) is 21.9. The molecular weight excluding hydrogens is 421 g/mol. The van der Waals surface area contributed by atoms with Crippen LogP contribution in [0.15, 0.2) is 47.4 Å². The van der Waals surface area contributed by atoms with Crippen LogP contribution in [-0.4, -0.2) is 58.0 Å². The van der Waals surface area contributed by atoms with Crippen LogP contribution in [0, 0.1) is 0 Å². The Balaban J connectivity index is 1.66. The minimum Gasteiger partial charge on any atom is -0.493 e. The third-order valence-electron chi connectivity index (χ3n) is 4.98. The Hall–Kier alpha value is -2.30. The van der Waals surface area contributed by atoms with E-state index in [0.717, 1.165) is 12.1 Å². The van der Waals surface area contributed by atoms with Gasteiger partial charge in [-0.25, -0.2) is 8.42 Å². The van der Waals surface area contributed by atoms with Crippen LogP contribution < -0.4 is 9.47 Å². The number of methoxy groups -OCH3 is 2. The molecule has 1 saturated heterocycles. The van der Waals surface area contributed by atoms with Crippen LogP contribution in [0.3, 0.4) is 0 Å². The highest BCUT2D eigenvalue weighted by Gasteiger charge is 2.31. The van der Waals surface area contributed by atoms with E-state index in [1.54, 1.807) is 6.07 Å². The SMILES string of the molecule is COc1ccc(S(=O)(=O)N2CCN(Cc3cccc(C(F)(F)F)c3)CC2)cc1OC. The van der Waals surface area contributed by atoms with E-state index in [-0.39, 0.29) is 18.0 Å². The van der Waals surface area contributed by atoms with E-state index in [2.05, 4.69) is 0 Å². The van der Waals surface area contributed by atoms with Crippen molar-refractivity contribution < 1.29 is 31.1 Å². The number of benzene rings is 2. The lowest BCUT2D eigenvalue weighted by Crippen LogP contribution is -2.48. The van der Waals surface area contributed by atoms with Crippen LogP contribution >= 0.6 is 0 Å². The summed E-state index contributed by atoms with van der Waals surface area (Å²) >= 11 is 0. The van der Waals surface area contributed by atoms with Gasteiger partial charge in [-0.1, -0.05) is 18.2 Å². The van der Waals surface area contributed by atoms with Gasteiger partial charge in [0.1, 0.15) is 0 Å². The fraction of sp³-hybridized carbons (Fsp3) is 0.400. The summed E-state index contributed by atoms with van der Waals surface area (Å²) in [5, 5.41) is 0. The maximum atomic E-state index is 13.0. The molecule has 0 atom stereocenters. The van der Waals surface area contributed by atoms with Gasteiger partial charge in [-0.05, 0) is 23.8 Å². The van der Waals surface area contributed by atoms with Crippen LogP contribution in [0.1, 0.15) is 11.1 Å². The molecule has 1 heterocycles. The van der Waals surface area contributed by atoms with Crippen LogP contribution in [0.2, 0.25) is 0 Å². The maximum absolute atomic E-state index is 13.0. The van der Waals surface area contributed by atoms with Gasteiger partial charge in [-0.3, -0.25) is 4.90 Å². The largest absolute Gasteiger partial charge is 0.493 e. The summed E-state index contributed by atoms with van der Waals surface area (Å²) in [5.74, 6) is 0.754. The summed E-state index contributed by atoms with van der Waals surface area (Å²) in [4.78, 5) is 2.04. The molecule has 10 heteroatoms. The van der Waals surface area contributed by atoms with Gasteiger partial charge in [0.05, 0.1) is 24.7 Å². The number of nitrogens with zero attached hydrogens (tertiary/aromatic N) is 2. The smallest absolute Gasteiger partial charge is 0.416 e. The molecule has 30 heavy (non-hydrogen) atoms. The second-order valence-electron chi connectivity index (χ2n) is 6.90. The van der Waals surface area contributed by atoms with Gasteiger partial charge in [0.2, 0.25) is 10.0 Å². The second-order valence-corrected chi connectivity index (χ2v) is 8.83. The first-order valence-electron chi connectivity index (χ1n) is 9.26. The van der Waals surface area contributed by atoms with Gasteiger partial charge in [0.15, 0.2) is 11.5 Å². The van der Waals surface area contributed by atoms with Gasteiger partial charge >= 0.3 is 6.18 Å². The van der Waals surface area contributed by atoms with E-state index in [9.17, 15) is 21.6 Å². The van der Waals surface area contributed by atoms with Gasteiger partial charge in [-0.15, -0.1) is 0 Å². The van der Waals surface area contributed by atoms with Gasteiger partial charge in [-0.2, -0.15) is 17.5 Å². The van der Waals surface area contributed by atoms with E-state index < -0.39 is 21.8 Å². The molecule has 1 aliphatic rings. The van der Waals surface area contributed by atoms with Crippen molar-refractivity contribution in [2.24, 2.45) is 0 Å². The Morgan fingerprint density at radius 3 is 2.20 bits per heavy atom. The van der Waals surface area contributed by atoms with Crippen molar-refractivity contribution in [3.63, 3.8) is 0 Å². The summed E-state index contributed by atoms with van der Waals surface area (Å²) in [7, 11) is -0.820. The van der Waals surface area contributed by atoms with Crippen molar-refractivity contribution in [3.05, 3.63) is 53.6 Å². The van der Waals surface area contributed by atoms with E-state index in [1.165, 1.54) is 42.8 Å². The second kappa shape index (κ2) is 8.83. The van der Waals surface area contributed by atoms with Crippen LogP contribution in [0.4, 0.5) is 13.2 Å². The summed E-state index contributed by atoms with van der Waals surface area (Å²) < 4.78 is 76.3. The molecule has 0 radical (unpaired) electrons. The van der Waals surface area contributed by atoms with Crippen molar-refractivity contribution in [1.29, 1.82) is 0 Å². The molecule has 0 amide bonds. The number of alkyl halides is 3. The molecule has 0 aliphatic carbocycles. The van der Waals surface area contributed by atoms with Crippen LogP contribution in [0.5, 0.6) is 11.5 Å². The van der Waals surface area contributed by atoms with Crippen molar-refractivity contribution in [1.82, 2.24) is 9.21 Å². The quantitative estimate of drug-likeness (QED) is 0.685. The van der Waals surface area contributed by atoms with E-state index in [0.29, 0.717) is 36.7 Å². The van der Waals surface area contributed by atoms with E-state index >= 15 is 0 Å². The normalized spacial score (nSPS) is 16.4. The van der Waals surface area contributed by atoms with Crippen LogP contribution in [0.25, 0.3) is 0 Å². The lowest BCUT2D eigenvalue weighted by atomic mass is 10.1. The number of hydrogen-bond donors (Lipinski definition) is 0. The highest BCUT2D eigenvalue weighted by molar-refractivity contribution is 7.89. The number of piperazine rings is 1. The molecule has 2 aromatic carbocycles. The summed E-state index contributed by atoms with van der Waals surface area (Å²) in [6, 6.07) is 9.62. The van der Waals surface area contributed by atoms with Crippen molar-refractivity contribution >= 4 is 10.0 Å². The van der Waals surface area contributed by atoms with Crippen molar-refractivity contribution in [3.8, 4) is 11.5 Å². The van der Waals surface area contributed by atoms with Crippen LogP contribution in [-0.2, 0) is 22.7 Å². The molecule has 0 N–H and O–H groups in total. The third kappa shape index (κ3) is 4.88. The van der Waals surface area contributed by atoms with Gasteiger partial charge in [0.25, 0.3) is 0 Å². The predicted molar refractivity (Wildman–Crippen MR) is 105 cm³/mol. The predicted octanol–water partition coefficient (Wildman–Crippen LogP) is 3.23. The Labute approximate surface area is 173 Å². The summed E-state index contributed by atoms with van der Waals surface area (Å²) in [5.41, 5.74) is -0.143. The van der Waals surface area contributed by atoms with Crippen molar-refractivity contribution in [2.75, 3.05) is 40.4 Å². The Morgan fingerprint density at radius 1 is 0.933 bits per heavy atom. The lowest BCUT2D eigenvalue weighted by Gasteiger charge is -2.34. The third-order valence-corrected chi connectivity index (χ3v) is 6.88. The molecule has 3 rings (SSSR count). The average Bonchev–Trinajstić information content (AvgIpc) is 2.73. The molecule has 1 aliphatic heterocycles. The number of ether oxygens (including phenoxy) is 2. The molecule has 0 saturated carbocycles. The molecule has 0 unspecified atom stereocenters. The monoisotopic (exact) mass is 444 g/mol. The fourth-order valence-electron chi connectivity index (χ4n) is 3.36. The highest BCUT2D eigenvalue weighted by atomic mass is 32.2. The Bertz CT molecular complexity index is 988. The molecule has 0 aromatic heterocycles. The highest BCUT2D eigenvalue weighted by Crippen LogP contribution is 2.32. The summed E-state index contributed by atoms with van der Waals surface area (Å²) in [6.07, 6.45) is -4.39. The van der Waals surface area contributed by atoms with E-state index in [4.69, 9.17) is 9.47 Å². The Morgan fingerprint density at radius 2 is 1.60 bits per heavy atom. The molecule has 0 spiro atoms. The fourth-order valence-corrected chi connectivity index (χ4v) is 4.80. The molecule has 164 valence electrons. The zero-order valence-corrected chi connectivity index (χ0v) is 17.5.